The fraction of sp³-hybridized carbons (Fsp3) is 0.176. The van der Waals surface area contributed by atoms with Crippen LogP contribution in [0.4, 0.5) is 13.2 Å². The normalized spacial score (nSPS) is 10.8. The first-order valence-corrected chi connectivity index (χ1v) is 7.83. The molecule has 9 heteroatoms. The molecule has 26 heavy (non-hydrogen) atoms. The molecular weight excluding hydrogens is 367 g/mol. The van der Waals surface area contributed by atoms with Crippen molar-refractivity contribution in [2.45, 2.75) is 13.2 Å². The molecule has 0 unspecified atom stereocenters. The van der Waals surface area contributed by atoms with Gasteiger partial charge in [0.05, 0.1) is 13.3 Å². The van der Waals surface area contributed by atoms with E-state index in [1.807, 2.05) is 0 Å². The summed E-state index contributed by atoms with van der Waals surface area (Å²) in [6, 6.07) is 10.5. The Labute approximate surface area is 153 Å². The number of nitrogens with one attached hydrogen (secondary N) is 2. The topological polar surface area (TPSA) is 54.9 Å². The Kier molecular flexibility index (Phi) is 7.22. The van der Waals surface area contributed by atoms with Crippen molar-refractivity contribution >= 4 is 23.5 Å². The molecule has 0 aliphatic heterocycles. The average molecular weight is 383 g/mol. The molecule has 0 aromatic heterocycles. The number of halogens is 3. The summed E-state index contributed by atoms with van der Waals surface area (Å²) >= 11 is 5.06. The van der Waals surface area contributed by atoms with E-state index in [1.54, 1.807) is 18.2 Å². The minimum Gasteiger partial charge on any atom is -0.493 e. The van der Waals surface area contributed by atoms with E-state index in [9.17, 15) is 13.2 Å². The van der Waals surface area contributed by atoms with Crippen molar-refractivity contribution < 1.29 is 22.6 Å². The monoisotopic (exact) mass is 383 g/mol. The van der Waals surface area contributed by atoms with Crippen molar-refractivity contribution in [1.82, 2.24) is 10.7 Å². The fourth-order valence-electron chi connectivity index (χ4n) is 1.95. The molecule has 0 saturated carbocycles. The second-order valence-electron chi connectivity index (χ2n) is 4.97. The first kappa shape index (κ1) is 19.5. The average Bonchev–Trinajstić information content (AvgIpc) is 2.61. The first-order valence-electron chi connectivity index (χ1n) is 7.42. The van der Waals surface area contributed by atoms with Gasteiger partial charge in [-0.05, 0) is 53.7 Å². The van der Waals surface area contributed by atoms with Crippen LogP contribution < -0.4 is 20.2 Å². The zero-order valence-electron chi connectivity index (χ0n) is 13.7. The lowest BCUT2D eigenvalue weighted by Gasteiger charge is -2.10. The number of hydrazone groups is 1. The Morgan fingerprint density at radius 2 is 1.92 bits per heavy atom. The van der Waals surface area contributed by atoms with Crippen LogP contribution in [0, 0.1) is 5.82 Å². The highest BCUT2D eigenvalue weighted by molar-refractivity contribution is 7.80. The molecule has 0 amide bonds. The minimum absolute atomic E-state index is 0.0940. The molecule has 2 rings (SSSR count). The van der Waals surface area contributed by atoms with Crippen molar-refractivity contribution in [2.24, 2.45) is 5.10 Å². The predicted molar refractivity (Wildman–Crippen MR) is 96.2 cm³/mol. The molecular formula is C17H16F3N3O2S. The Balaban J connectivity index is 1.88. The van der Waals surface area contributed by atoms with E-state index in [2.05, 4.69) is 20.6 Å². The van der Waals surface area contributed by atoms with Gasteiger partial charge in [0.1, 0.15) is 5.82 Å². The molecule has 0 heterocycles. The SMILES string of the molecule is COc1ccc(/C=N\NC(=S)NCc2ccc(F)cc2)cc1OC(F)F. The third-order valence-corrected chi connectivity index (χ3v) is 3.39. The van der Waals surface area contributed by atoms with E-state index >= 15 is 0 Å². The van der Waals surface area contributed by atoms with Crippen molar-refractivity contribution in [1.29, 1.82) is 0 Å². The van der Waals surface area contributed by atoms with Crippen molar-refractivity contribution in [3.8, 4) is 11.5 Å². The quantitative estimate of drug-likeness (QED) is 0.436. The summed E-state index contributed by atoms with van der Waals surface area (Å²) < 4.78 is 47.0. The standard InChI is InChI=1S/C17H16F3N3O2S/c1-24-14-7-4-12(8-15(14)25-16(19)20)10-22-23-17(26)21-9-11-2-5-13(18)6-3-11/h2-8,10,16H,9H2,1H3,(H2,21,23,26)/b22-10-. The van der Waals surface area contributed by atoms with Crippen LogP contribution in [-0.4, -0.2) is 25.0 Å². The summed E-state index contributed by atoms with van der Waals surface area (Å²) in [5.74, 6) is -0.218. The van der Waals surface area contributed by atoms with E-state index in [0.29, 0.717) is 12.1 Å². The summed E-state index contributed by atoms with van der Waals surface area (Å²) in [5.41, 5.74) is 3.96. The van der Waals surface area contributed by atoms with Crippen LogP contribution in [0.3, 0.4) is 0 Å². The molecule has 0 aliphatic rings. The van der Waals surface area contributed by atoms with Crippen molar-refractivity contribution in [2.75, 3.05) is 7.11 Å². The molecule has 0 fully saturated rings. The summed E-state index contributed by atoms with van der Waals surface area (Å²) in [4.78, 5) is 0. The molecule has 5 nitrogen and oxygen atoms in total. The van der Waals surface area contributed by atoms with E-state index in [0.717, 1.165) is 5.56 Å². The summed E-state index contributed by atoms with van der Waals surface area (Å²) in [6.07, 6.45) is 1.39. The van der Waals surface area contributed by atoms with Crippen LogP contribution in [0.15, 0.2) is 47.6 Å². The van der Waals surface area contributed by atoms with Gasteiger partial charge < -0.3 is 14.8 Å². The van der Waals surface area contributed by atoms with Gasteiger partial charge in [-0.25, -0.2) is 4.39 Å². The zero-order valence-corrected chi connectivity index (χ0v) is 14.5. The molecule has 0 spiro atoms. The predicted octanol–water partition coefficient (Wildman–Crippen LogP) is 3.43. The van der Waals surface area contributed by atoms with Crippen LogP contribution in [-0.2, 0) is 6.54 Å². The van der Waals surface area contributed by atoms with E-state index < -0.39 is 6.61 Å². The number of rotatable bonds is 7. The van der Waals surface area contributed by atoms with Gasteiger partial charge in [-0.3, -0.25) is 5.43 Å². The third-order valence-electron chi connectivity index (χ3n) is 3.15. The van der Waals surface area contributed by atoms with Gasteiger partial charge in [-0.1, -0.05) is 12.1 Å². The fourth-order valence-corrected chi connectivity index (χ4v) is 2.08. The Morgan fingerprint density at radius 1 is 1.19 bits per heavy atom. The maximum atomic E-state index is 12.8. The highest BCUT2D eigenvalue weighted by Gasteiger charge is 2.10. The number of ether oxygens (including phenoxy) is 2. The van der Waals surface area contributed by atoms with Gasteiger partial charge in [0.15, 0.2) is 16.6 Å². The van der Waals surface area contributed by atoms with Gasteiger partial charge in [-0.2, -0.15) is 13.9 Å². The highest BCUT2D eigenvalue weighted by atomic mass is 32.1. The molecule has 0 atom stereocenters. The van der Waals surface area contributed by atoms with Crippen molar-refractivity contribution in [3.05, 3.63) is 59.4 Å². The summed E-state index contributed by atoms with van der Waals surface area (Å²) in [7, 11) is 1.36. The number of benzene rings is 2. The number of nitrogens with zero attached hydrogens (tertiary/aromatic N) is 1. The molecule has 2 aromatic carbocycles. The maximum Gasteiger partial charge on any atom is 0.387 e. The van der Waals surface area contributed by atoms with Gasteiger partial charge in [-0.15, -0.1) is 0 Å². The highest BCUT2D eigenvalue weighted by Crippen LogP contribution is 2.28. The van der Waals surface area contributed by atoms with Crippen LogP contribution in [0.5, 0.6) is 11.5 Å². The van der Waals surface area contributed by atoms with Crippen molar-refractivity contribution in [3.63, 3.8) is 0 Å². The Morgan fingerprint density at radius 3 is 2.58 bits per heavy atom. The molecule has 138 valence electrons. The second-order valence-corrected chi connectivity index (χ2v) is 5.38. The summed E-state index contributed by atoms with van der Waals surface area (Å²) in [6.45, 7) is -2.56. The third kappa shape index (κ3) is 6.25. The van der Waals surface area contributed by atoms with Gasteiger partial charge >= 0.3 is 6.61 Å². The lowest BCUT2D eigenvalue weighted by atomic mass is 10.2. The van der Waals surface area contributed by atoms with E-state index in [1.165, 1.54) is 37.6 Å². The number of alkyl halides is 2. The van der Waals surface area contributed by atoms with Gasteiger partial charge in [0.2, 0.25) is 0 Å². The second kappa shape index (κ2) is 9.62. The lowest BCUT2D eigenvalue weighted by Crippen LogP contribution is -2.31. The van der Waals surface area contributed by atoms with Gasteiger partial charge in [0.25, 0.3) is 0 Å². The lowest BCUT2D eigenvalue weighted by molar-refractivity contribution is -0.0512. The smallest absolute Gasteiger partial charge is 0.387 e. The van der Waals surface area contributed by atoms with E-state index in [-0.39, 0.29) is 22.4 Å². The Bertz CT molecular complexity index is 770. The van der Waals surface area contributed by atoms with Crippen LogP contribution >= 0.6 is 12.2 Å². The zero-order chi connectivity index (χ0) is 18.9. The van der Waals surface area contributed by atoms with Crippen LogP contribution in [0.25, 0.3) is 0 Å². The van der Waals surface area contributed by atoms with E-state index in [4.69, 9.17) is 17.0 Å². The summed E-state index contributed by atoms with van der Waals surface area (Å²) in [5, 5.41) is 7.07. The first-order chi connectivity index (χ1) is 12.5. The number of hydrogen-bond acceptors (Lipinski definition) is 4. The molecule has 0 radical (unpaired) electrons. The largest absolute Gasteiger partial charge is 0.493 e. The molecule has 0 bridgehead atoms. The minimum atomic E-state index is -2.96. The van der Waals surface area contributed by atoms with Crippen LogP contribution in [0.1, 0.15) is 11.1 Å². The van der Waals surface area contributed by atoms with Gasteiger partial charge in [0, 0.05) is 6.54 Å². The molecule has 2 N–H and O–H groups in total. The maximum absolute atomic E-state index is 12.8. The molecule has 0 saturated heterocycles. The molecule has 2 aromatic rings. The number of hydrogen-bond donors (Lipinski definition) is 2. The molecule has 0 aliphatic carbocycles. The number of thiocarbonyl (C=S) groups is 1. The van der Waals surface area contributed by atoms with Crippen LogP contribution in [0.2, 0.25) is 0 Å². The Hall–Kier alpha value is -2.81. The number of methoxy groups -OCH3 is 1.